The van der Waals surface area contributed by atoms with Crippen molar-refractivity contribution in [3.8, 4) is 44.9 Å². The van der Waals surface area contributed by atoms with Gasteiger partial charge in [-0.3, -0.25) is 0 Å². The Morgan fingerprint density at radius 3 is 1.62 bits per heavy atom. The Labute approximate surface area is 266 Å². The van der Waals surface area contributed by atoms with Gasteiger partial charge in [-0.25, -0.2) is 26.3 Å². The highest BCUT2D eigenvalue weighted by molar-refractivity contribution is 5.75. The number of hydrogen-bond acceptors (Lipinski definition) is 2. The number of aryl methyl sites for hydroxylation is 1. The van der Waals surface area contributed by atoms with Crippen LogP contribution in [-0.4, -0.2) is 6.36 Å². The fourth-order valence-corrected chi connectivity index (χ4v) is 5.03. The standard InChI is InChI=1S/C35H21F11O2/c1-2-3-18-4-6-19(7-5-18)20-8-10-24(25(36)12-20)21-13-27(38)32(28(39)14-21)22-15-29(40)33(30(41)16-22)34(42,43)47-23-9-11-31(26(37)17-23)48-35(44,45)46/h4-17H,2-3H2,1H3. The van der Waals surface area contributed by atoms with Gasteiger partial charge in [-0.15, -0.1) is 13.2 Å². The Balaban J connectivity index is 1.41. The van der Waals surface area contributed by atoms with Gasteiger partial charge in [0.25, 0.3) is 0 Å². The van der Waals surface area contributed by atoms with Crippen LogP contribution in [0.3, 0.4) is 0 Å². The second kappa shape index (κ2) is 13.2. The van der Waals surface area contributed by atoms with E-state index in [0.29, 0.717) is 35.4 Å². The third kappa shape index (κ3) is 7.40. The molecule has 0 aliphatic rings. The minimum Gasteiger partial charge on any atom is -0.429 e. The molecule has 0 amide bonds. The largest absolute Gasteiger partial charge is 0.573 e. The van der Waals surface area contributed by atoms with Crippen molar-refractivity contribution in [3.05, 3.63) is 131 Å². The van der Waals surface area contributed by atoms with Gasteiger partial charge in [0.1, 0.15) is 40.4 Å². The Morgan fingerprint density at radius 1 is 0.521 bits per heavy atom. The highest BCUT2D eigenvalue weighted by atomic mass is 19.4. The van der Waals surface area contributed by atoms with Crippen LogP contribution in [0.5, 0.6) is 11.5 Å². The van der Waals surface area contributed by atoms with Gasteiger partial charge in [0.15, 0.2) is 11.6 Å². The number of ether oxygens (including phenoxy) is 2. The number of benzene rings is 5. The van der Waals surface area contributed by atoms with Crippen LogP contribution < -0.4 is 9.47 Å². The van der Waals surface area contributed by atoms with Gasteiger partial charge < -0.3 is 9.47 Å². The molecule has 0 aromatic heterocycles. The molecular formula is C35H21F11O2. The minimum absolute atomic E-state index is 0.0620. The van der Waals surface area contributed by atoms with Crippen molar-refractivity contribution < 1.29 is 57.8 Å². The van der Waals surface area contributed by atoms with Crippen LogP contribution in [0.15, 0.2) is 84.9 Å². The topological polar surface area (TPSA) is 18.5 Å². The van der Waals surface area contributed by atoms with E-state index in [4.69, 9.17) is 0 Å². The lowest BCUT2D eigenvalue weighted by Gasteiger charge is -2.20. The number of alkyl halides is 5. The monoisotopic (exact) mass is 682 g/mol. The summed E-state index contributed by atoms with van der Waals surface area (Å²) in [6.45, 7) is 2.03. The molecule has 0 bridgehead atoms. The molecule has 5 rings (SSSR count). The van der Waals surface area contributed by atoms with Crippen LogP contribution in [0.4, 0.5) is 48.3 Å². The second-order valence-electron chi connectivity index (χ2n) is 10.5. The summed E-state index contributed by atoms with van der Waals surface area (Å²) in [5, 5.41) is 0. The van der Waals surface area contributed by atoms with Crippen molar-refractivity contribution in [1.82, 2.24) is 0 Å². The zero-order chi connectivity index (χ0) is 35.0. The van der Waals surface area contributed by atoms with Crippen LogP contribution >= 0.6 is 0 Å². The molecule has 13 heteroatoms. The van der Waals surface area contributed by atoms with E-state index in [1.54, 1.807) is 6.07 Å². The average molecular weight is 683 g/mol. The average Bonchev–Trinajstić information content (AvgIpc) is 2.97. The summed E-state index contributed by atoms with van der Waals surface area (Å²) in [5.74, 6) is -12.0. The number of halogens is 11. The molecule has 250 valence electrons. The molecular weight excluding hydrogens is 661 g/mol. The predicted molar refractivity (Wildman–Crippen MR) is 154 cm³/mol. The Kier molecular flexibility index (Phi) is 9.43. The molecule has 0 saturated carbocycles. The Bertz CT molecular complexity index is 1920. The normalized spacial score (nSPS) is 11.9. The molecule has 0 aliphatic heterocycles. The maximum Gasteiger partial charge on any atom is 0.573 e. The molecule has 0 spiro atoms. The fraction of sp³-hybridized carbons (Fsp3) is 0.143. The van der Waals surface area contributed by atoms with Crippen LogP contribution in [0.2, 0.25) is 0 Å². The van der Waals surface area contributed by atoms with Crippen molar-refractivity contribution >= 4 is 0 Å². The van der Waals surface area contributed by atoms with E-state index in [2.05, 4.69) is 9.47 Å². The highest BCUT2D eigenvalue weighted by Crippen LogP contribution is 2.40. The molecule has 0 radical (unpaired) electrons. The maximum absolute atomic E-state index is 15.2. The van der Waals surface area contributed by atoms with Crippen LogP contribution in [0.1, 0.15) is 24.5 Å². The zero-order valence-electron chi connectivity index (χ0n) is 24.5. The van der Waals surface area contributed by atoms with Gasteiger partial charge in [-0.05, 0) is 76.7 Å². The summed E-state index contributed by atoms with van der Waals surface area (Å²) in [5.41, 5.74) is -2.03. The third-order valence-electron chi connectivity index (χ3n) is 7.15. The quantitative estimate of drug-likeness (QED) is 0.144. The lowest BCUT2D eigenvalue weighted by Crippen LogP contribution is -2.25. The zero-order valence-corrected chi connectivity index (χ0v) is 24.5. The first-order chi connectivity index (χ1) is 22.6. The van der Waals surface area contributed by atoms with Crippen molar-refractivity contribution in [2.24, 2.45) is 0 Å². The Morgan fingerprint density at radius 2 is 1.08 bits per heavy atom. The van der Waals surface area contributed by atoms with Gasteiger partial charge >= 0.3 is 12.5 Å². The number of rotatable bonds is 9. The first kappa shape index (κ1) is 34.3. The predicted octanol–water partition coefficient (Wildman–Crippen LogP) is 11.5. The maximum atomic E-state index is 15.2. The minimum atomic E-state index is -5.30. The van der Waals surface area contributed by atoms with E-state index in [-0.39, 0.29) is 29.3 Å². The van der Waals surface area contributed by atoms with Crippen LogP contribution in [-0.2, 0) is 12.5 Å². The summed E-state index contributed by atoms with van der Waals surface area (Å²) in [6, 6.07) is 14.0. The van der Waals surface area contributed by atoms with Gasteiger partial charge in [0.2, 0.25) is 0 Å². The third-order valence-corrected chi connectivity index (χ3v) is 7.15. The van der Waals surface area contributed by atoms with E-state index in [9.17, 15) is 35.1 Å². The molecule has 0 saturated heterocycles. The van der Waals surface area contributed by atoms with Crippen molar-refractivity contribution in [3.63, 3.8) is 0 Å². The van der Waals surface area contributed by atoms with E-state index in [1.165, 1.54) is 12.1 Å². The lowest BCUT2D eigenvalue weighted by atomic mass is 9.95. The summed E-state index contributed by atoms with van der Waals surface area (Å²) < 4.78 is 163. The van der Waals surface area contributed by atoms with Crippen LogP contribution in [0.25, 0.3) is 33.4 Å². The molecule has 0 unspecified atom stereocenters. The summed E-state index contributed by atoms with van der Waals surface area (Å²) >= 11 is 0. The molecule has 0 fully saturated rings. The first-order valence-corrected chi connectivity index (χ1v) is 14.1. The van der Waals surface area contributed by atoms with E-state index in [1.807, 2.05) is 31.2 Å². The van der Waals surface area contributed by atoms with Crippen molar-refractivity contribution in [1.29, 1.82) is 0 Å². The van der Waals surface area contributed by atoms with Gasteiger partial charge in [-0.2, -0.15) is 8.78 Å². The molecule has 0 N–H and O–H groups in total. The highest BCUT2D eigenvalue weighted by Gasteiger charge is 2.42. The van der Waals surface area contributed by atoms with E-state index in [0.717, 1.165) is 18.4 Å². The molecule has 5 aromatic carbocycles. The smallest absolute Gasteiger partial charge is 0.429 e. The Hall–Kier alpha value is -5.07. The molecule has 5 aromatic rings. The van der Waals surface area contributed by atoms with Crippen LogP contribution in [0, 0.1) is 34.9 Å². The summed E-state index contributed by atoms with van der Waals surface area (Å²) in [4.78, 5) is 0. The summed E-state index contributed by atoms with van der Waals surface area (Å²) in [6.07, 6.45) is -8.36. The molecule has 0 atom stereocenters. The SMILES string of the molecule is CCCc1ccc(-c2ccc(-c3cc(F)c(-c4cc(F)c(C(F)(F)Oc5ccc(OC(F)(F)F)c(F)c5)c(F)c4)c(F)c3)c(F)c2)cc1. The van der Waals surface area contributed by atoms with E-state index < -0.39 is 75.6 Å². The lowest BCUT2D eigenvalue weighted by molar-refractivity contribution is -0.275. The molecule has 48 heavy (non-hydrogen) atoms. The van der Waals surface area contributed by atoms with Gasteiger partial charge in [0.05, 0.1) is 5.56 Å². The number of hydrogen-bond donors (Lipinski definition) is 0. The van der Waals surface area contributed by atoms with Gasteiger partial charge in [0, 0.05) is 11.6 Å². The molecule has 2 nitrogen and oxygen atoms in total. The second-order valence-corrected chi connectivity index (χ2v) is 10.5. The molecule has 0 heterocycles. The van der Waals surface area contributed by atoms with Crippen molar-refractivity contribution in [2.45, 2.75) is 32.2 Å². The van der Waals surface area contributed by atoms with Crippen molar-refractivity contribution in [2.75, 3.05) is 0 Å². The van der Waals surface area contributed by atoms with E-state index >= 15 is 13.2 Å². The first-order valence-electron chi connectivity index (χ1n) is 14.1. The summed E-state index contributed by atoms with van der Waals surface area (Å²) in [7, 11) is 0. The van der Waals surface area contributed by atoms with Gasteiger partial charge in [-0.1, -0.05) is 49.7 Å². The fourth-order valence-electron chi connectivity index (χ4n) is 5.03. The molecule has 0 aliphatic carbocycles.